The topological polar surface area (TPSA) is 177 Å². The molecule has 2 amide bonds. The van der Waals surface area contributed by atoms with Crippen molar-refractivity contribution in [3.8, 4) is 5.75 Å². The van der Waals surface area contributed by atoms with Crippen LogP contribution >= 0.6 is 11.6 Å². The molecular weight excluding hydrogens is 566 g/mol. The van der Waals surface area contributed by atoms with Crippen LogP contribution in [-0.4, -0.2) is 75.3 Å². The number of hydrogen-bond donors (Lipinski definition) is 0. The normalized spacial score (nSPS) is 23.6. The Bertz CT molecular complexity index is 1330. The van der Waals surface area contributed by atoms with Crippen molar-refractivity contribution in [2.24, 2.45) is 5.92 Å². The van der Waals surface area contributed by atoms with Gasteiger partial charge in [0.15, 0.2) is 5.75 Å². The lowest BCUT2D eigenvalue weighted by molar-refractivity contribution is -0.797. The fourth-order valence-electron chi connectivity index (χ4n) is 5.46. The number of halogens is 1. The number of hydrogen-bond acceptors (Lipinski definition) is 11. The molecule has 0 bridgehead atoms. The Hall–Kier alpha value is -4.24. The van der Waals surface area contributed by atoms with Gasteiger partial charge < -0.3 is 28.9 Å². The van der Waals surface area contributed by atoms with Gasteiger partial charge in [-0.15, -0.1) is 20.2 Å². The average molecular weight is 592 g/mol. The summed E-state index contributed by atoms with van der Waals surface area (Å²) in [6.07, 6.45) is -1.89. The van der Waals surface area contributed by atoms with E-state index >= 15 is 0 Å². The molecule has 0 spiro atoms. The molecule has 3 heterocycles. The van der Waals surface area contributed by atoms with Crippen molar-refractivity contribution in [2.75, 3.05) is 26.2 Å². The number of carbonyl (C=O) groups excluding carboxylic acids is 2. The molecule has 4 atom stereocenters. The number of carbonyl (C=O) groups is 2. The number of amides is 2. The molecule has 1 aromatic carbocycles. The second kappa shape index (κ2) is 11.7. The zero-order chi connectivity index (χ0) is 29.3. The lowest BCUT2D eigenvalue weighted by atomic mass is 10.0. The molecule has 5 rings (SSSR count). The fourth-order valence-corrected chi connectivity index (χ4v) is 5.58. The second-order valence-electron chi connectivity index (χ2n) is 9.93. The first-order valence-electron chi connectivity index (χ1n) is 12.8. The minimum atomic E-state index is -1.23. The number of fused-ring (bicyclic) bond motifs is 1. The van der Waals surface area contributed by atoms with Crippen LogP contribution in [0, 0.1) is 33.1 Å². The summed E-state index contributed by atoms with van der Waals surface area (Å²) in [7, 11) is 0. The standard InChI is InChI=1S/C25H26ClN5O10/c1-14-22(19-13-38-23(18(19)12-27-14)15-2-4-17(26)5-3-15)39-25(33)29-8-6-28(7-9-29)24(32)16-10-20(40-30(34)35)21(11-16)41-31(36)37/h2-5,12,16,20-21,23H,6-11,13H2,1H3/t16-,20+,21-,23?. The molecule has 0 N–H and O–H groups in total. The molecule has 1 aliphatic carbocycles. The van der Waals surface area contributed by atoms with E-state index in [9.17, 15) is 29.8 Å². The highest BCUT2D eigenvalue weighted by atomic mass is 35.5. The third-order valence-corrected chi connectivity index (χ3v) is 7.73. The van der Waals surface area contributed by atoms with E-state index < -0.39 is 34.4 Å². The van der Waals surface area contributed by atoms with Crippen molar-refractivity contribution in [2.45, 2.75) is 44.7 Å². The highest BCUT2D eigenvalue weighted by molar-refractivity contribution is 6.30. The van der Waals surface area contributed by atoms with Gasteiger partial charge in [-0.25, -0.2) is 4.79 Å². The molecule has 1 aromatic heterocycles. The van der Waals surface area contributed by atoms with Gasteiger partial charge in [0.25, 0.3) is 10.2 Å². The second-order valence-corrected chi connectivity index (χ2v) is 10.4. The quantitative estimate of drug-likeness (QED) is 0.341. The molecule has 15 nitrogen and oxygen atoms in total. The van der Waals surface area contributed by atoms with E-state index in [1.54, 1.807) is 25.3 Å². The summed E-state index contributed by atoms with van der Waals surface area (Å²) < 4.78 is 11.8. The SMILES string of the molecule is Cc1ncc2c(c1OC(=O)N1CCN(C(=O)[C@@H]3C[C@H](O[N+](=O)[O-])[C@H](O[N+](=O)[O-])C3)CC1)COC2c1ccc(Cl)cc1. The maximum atomic E-state index is 13.1. The number of pyridine rings is 1. The smallest absolute Gasteiger partial charge is 0.408 e. The summed E-state index contributed by atoms with van der Waals surface area (Å²) in [5.74, 6) is -0.754. The number of rotatable bonds is 7. The largest absolute Gasteiger partial charge is 0.415 e. The van der Waals surface area contributed by atoms with Crippen molar-refractivity contribution in [3.05, 3.63) is 78.1 Å². The van der Waals surface area contributed by atoms with Gasteiger partial charge in [0, 0.05) is 54.4 Å². The van der Waals surface area contributed by atoms with Crippen molar-refractivity contribution in [1.82, 2.24) is 14.8 Å². The molecule has 218 valence electrons. The van der Waals surface area contributed by atoms with Gasteiger partial charge in [-0.1, -0.05) is 23.7 Å². The highest BCUT2D eigenvalue weighted by Crippen LogP contribution is 2.41. The third-order valence-electron chi connectivity index (χ3n) is 7.48. The van der Waals surface area contributed by atoms with Crippen LogP contribution in [0.4, 0.5) is 4.79 Å². The molecule has 1 saturated carbocycles. The molecule has 16 heteroatoms. The Morgan fingerprint density at radius 2 is 1.59 bits per heavy atom. The summed E-state index contributed by atoms with van der Waals surface area (Å²) in [6, 6.07) is 7.28. The van der Waals surface area contributed by atoms with Crippen LogP contribution in [0.25, 0.3) is 0 Å². The van der Waals surface area contributed by atoms with Gasteiger partial charge in [0.1, 0.15) is 18.3 Å². The predicted molar refractivity (Wildman–Crippen MR) is 138 cm³/mol. The monoisotopic (exact) mass is 591 g/mol. The van der Waals surface area contributed by atoms with Gasteiger partial charge in [-0.2, -0.15) is 0 Å². The van der Waals surface area contributed by atoms with Crippen LogP contribution in [0.2, 0.25) is 5.02 Å². The number of aryl methyl sites for hydroxylation is 1. The minimum absolute atomic E-state index is 0.0922. The molecular formula is C25H26ClN5O10. The number of aromatic nitrogens is 1. The van der Waals surface area contributed by atoms with E-state index in [1.165, 1.54) is 9.80 Å². The van der Waals surface area contributed by atoms with Crippen LogP contribution in [0.1, 0.15) is 41.3 Å². The summed E-state index contributed by atoms with van der Waals surface area (Å²) in [6.45, 7) is 2.73. The van der Waals surface area contributed by atoms with E-state index in [0.717, 1.165) is 16.7 Å². The lowest BCUT2D eigenvalue weighted by Crippen LogP contribution is -2.52. The van der Waals surface area contributed by atoms with Gasteiger partial charge in [0.2, 0.25) is 5.91 Å². The maximum absolute atomic E-state index is 13.1. The summed E-state index contributed by atoms with van der Waals surface area (Å²) in [5, 5.41) is 20.0. The maximum Gasteiger partial charge on any atom is 0.415 e. The van der Waals surface area contributed by atoms with E-state index in [4.69, 9.17) is 21.1 Å². The van der Waals surface area contributed by atoms with Crippen molar-refractivity contribution < 1.29 is 38.9 Å². The first-order valence-corrected chi connectivity index (χ1v) is 13.2. The van der Waals surface area contributed by atoms with Crippen LogP contribution in [0.3, 0.4) is 0 Å². The first kappa shape index (κ1) is 28.3. The average Bonchev–Trinajstić information content (AvgIpc) is 3.54. The minimum Gasteiger partial charge on any atom is -0.408 e. The van der Waals surface area contributed by atoms with Gasteiger partial charge in [-0.3, -0.25) is 9.78 Å². The molecule has 2 aliphatic heterocycles. The zero-order valence-electron chi connectivity index (χ0n) is 21.8. The molecule has 41 heavy (non-hydrogen) atoms. The van der Waals surface area contributed by atoms with E-state index in [0.29, 0.717) is 16.5 Å². The van der Waals surface area contributed by atoms with Crippen molar-refractivity contribution in [3.63, 3.8) is 0 Å². The van der Waals surface area contributed by atoms with Gasteiger partial charge in [-0.05, 0) is 37.5 Å². The Labute approximate surface area is 238 Å². The Kier molecular flexibility index (Phi) is 8.08. The van der Waals surface area contributed by atoms with Crippen molar-refractivity contribution >= 4 is 23.6 Å². The van der Waals surface area contributed by atoms with E-state index in [2.05, 4.69) is 14.7 Å². The highest BCUT2D eigenvalue weighted by Gasteiger charge is 2.44. The first-order chi connectivity index (χ1) is 19.6. The van der Waals surface area contributed by atoms with Crippen LogP contribution < -0.4 is 4.74 Å². The Morgan fingerprint density at radius 1 is 1.00 bits per heavy atom. The Morgan fingerprint density at radius 3 is 2.17 bits per heavy atom. The number of benzene rings is 1. The fraction of sp³-hybridized carbons (Fsp3) is 0.480. The number of nitrogens with zero attached hydrogens (tertiary/aromatic N) is 5. The third kappa shape index (κ3) is 6.10. The molecule has 2 aromatic rings. The van der Waals surface area contributed by atoms with E-state index in [-0.39, 0.29) is 57.6 Å². The molecule has 0 radical (unpaired) electrons. The molecule has 1 unspecified atom stereocenters. The van der Waals surface area contributed by atoms with Crippen LogP contribution in [-0.2, 0) is 25.8 Å². The molecule has 2 fully saturated rings. The summed E-state index contributed by atoms with van der Waals surface area (Å²) in [5.41, 5.74) is 2.96. The van der Waals surface area contributed by atoms with E-state index in [1.807, 2.05) is 12.1 Å². The number of piperazine rings is 1. The van der Waals surface area contributed by atoms with Crippen molar-refractivity contribution in [1.29, 1.82) is 0 Å². The predicted octanol–water partition coefficient (Wildman–Crippen LogP) is 2.87. The lowest BCUT2D eigenvalue weighted by Gasteiger charge is -2.35. The van der Waals surface area contributed by atoms with Crippen LogP contribution in [0.5, 0.6) is 5.75 Å². The summed E-state index contributed by atoms with van der Waals surface area (Å²) in [4.78, 5) is 64.1. The molecule has 3 aliphatic rings. The van der Waals surface area contributed by atoms with Crippen LogP contribution in [0.15, 0.2) is 30.5 Å². The Balaban J connectivity index is 1.19. The summed E-state index contributed by atoms with van der Waals surface area (Å²) >= 11 is 6.01. The van der Waals surface area contributed by atoms with Gasteiger partial charge in [0.05, 0.1) is 12.3 Å². The number of ether oxygens (including phenoxy) is 2. The zero-order valence-corrected chi connectivity index (χ0v) is 22.6. The van der Waals surface area contributed by atoms with Gasteiger partial charge >= 0.3 is 6.09 Å². The molecule has 1 saturated heterocycles.